The molecular formula is C13H17F3N2O. The van der Waals surface area contributed by atoms with Gasteiger partial charge in [-0.05, 0) is 38.5 Å². The average Bonchev–Trinajstić information content (AvgIpc) is 2.26. The van der Waals surface area contributed by atoms with Crippen molar-refractivity contribution in [3.63, 3.8) is 0 Å². The average molecular weight is 274 g/mol. The SMILES string of the molecule is CC(C)NC(C)(C(N)=O)c1ccc(C(F)(F)F)cc1. The minimum absolute atomic E-state index is 0.0419. The summed E-state index contributed by atoms with van der Waals surface area (Å²) in [6, 6.07) is 4.38. The first kappa shape index (κ1) is 15.5. The Bertz CT molecular complexity index is 454. The van der Waals surface area contributed by atoms with Crippen LogP contribution in [0.25, 0.3) is 0 Å². The van der Waals surface area contributed by atoms with Crippen molar-refractivity contribution < 1.29 is 18.0 Å². The van der Waals surface area contributed by atoms with Crippen LogP contribution in [0.3, 0.4) is 0 Å². The molecular weight excluding hydrogens is 257 g/mol. The number of alkyl halides is 3. The van der Waals surface area contributed by atoms with Gasteiger partial charge in [0.05, 0.1) is 5.56 Å². The van der Waals surface area contributed by atoms with Crippen LogP contribution >= 0.6 is 0 Å². The van der Waals surface area contributed by atoms with E-state index in [0.29, 0.717) is 5.56 Å². The molecule has 1 atom stereocenters. The number of primary amides is 1. The third-order valence-corrected chi connectivity index (χ3v) is 2.86. The molecule has 106 valence electrons. The number of rotatable bonds is 4. The molecule has 0 fully saturated rings. The summed E-state index contributed by atoms with van der Waals surface area (Å²) in [5, 5.41) is 2.97. The summed E-state index contributed by atoms with van der Waals surface area (Å²) in [5.41, 5.74) is 3.80. The van der Waals surface area contributed by atoms with Gasteiger partial charge in [0.15, 0.2) is 0 Å². The van der Waals surface area contributed by atoms with Gasteiger partial charge < -0.3 is 5.73 Å². The van der Waals surface area contributed by atoms with Crippen molar-refractivity contribution in [2.75, 3.05) is 0 Å². The van der Waals surface area contributed by atoms with E-state index in [4.69, 9.17) is 5.73 Å². The number of benzene rings is 1. The Hall–Kier alpha value is -1.56. The molecule has 0 aliphatic carbocycles. The van der Waals surface area contributed by atoms with Gasteiger partial charge in [-0.1, -0.05) is 12.1 Å². The molecule has 1 aromatic carbocycles. The second-order valence-corrected chi connectivity index (χ2v) is 4.86. The maximum Gasteiger partial charge on any atom is 0.416 e. The molecule has 0 aliphatic heterocycles. The van der Waals surface area contributed by atoms with Crippen LogP contribution in [-0.2, 0) is 16.5 Å². The molecule has 0 bridgehead atoms. The molecule has 6 heteroatoms. The highest BCUT2D eigenvalue weighted by Crippen LogP contribution is 2.31. The first-order valence-corrected chi connectivity index (χ1v) is 5.82. The Balaban J connectivity index is 3.15. The highest BCUT2D eigenvalue weighted by atomic mass is 19.4. The van der Waals surface area contributed by atoms with Crippen molar-refractivity contribution in [1.29, 1.82) is 0 Å². The fourth-order valence-corrected chi connectivity index (χ4v) is 1.87. The minimum atomic E-state index is -4.40. The summed E-state index contributed by atoms with van der Waals surface area (Å²) in [6.45, 7) is 5.20. The lowest BCUT2D eigenvalue weighted by molar-refractivity contribution is -0.137. The molecule has 0 radical (unpaired) electrons. The van der Waals surface area contributed by atoms with Gasteiger partial charge in [-0.15, -0.1) is 0 Å². The Morgan fingerprint density at radius 2 is 1.58 bits per heavy atom. The smallest absolute Gasteiger partial charge is 0.368 e. The number of hydrogen-bond donors (Lipinski definition) is 2. The fourth-order valence-electron chi connectivity index (χ4n) is 1.87. The van der Waals surface area contributed by atoms with E-state index >= 15 is 0 Å². The van der Waals surface area contributed by atoms with Gasteiger partial charge in [0, 0.05) is 6.04 Å². The van der Waals surface area contributed by atoms with Gasteiger partial charge in [0.1, 0.15) is 5.54 Å². The summed E-state index contributed by atoms with van der Waals surface area (Å²) in [4.78, 5) is 11.6. The van der Waals surface area contributed by atoms with E-state index in [0.717, 1.165) is 12.1 Å². The summed E-state index contributed by atoms with van der Waals surface area (Å²) < 4.78 is 37.4. The standard InChI is InChI=1S/C13H17F3N2O/c1-8(2)18-12(3,11(17)19)9-4-6-10(7-5-9)13(14,15)16/h4-8,18H,1-3H3,(H2,17,19). The number of hydrogen-bond acceptors (Lipinski definition) is 2. The predicted molar refractivity (Wildman–Crippen MR) is 66.3 cm³/mol. The normalized spacial score (nSPS) is 15.3. The van der Waals surface area contributed by atoms with E-state index in [1.807, 2.05) is 13.8 Å². The Labute approximate surface area is 110 Å². The second kappa shape index (κ2) is 5.21. The molecule has 0 saturated carbocycles. The molecule has 1 aromatic rings. The third kappa shape index (κ3) is 3.47. The lowest BCUT2D eigenvalue weighted by atomic mass is 9.89. The molecule has 1 amide bonds. The molecule has 0 saturated heterocycles. The highest BCUT2D eigenvalue weighted by Gasteiger charge is 2.35. The van der Waals surface area contributed by atoms with Crippen LogP contribution in [0.2, 0.25) is 0 Å². The van der Waals surface area contributed by atoms with E-state index < -0.39 is 23.2 Å². The number of halogens is 3. The number of nitrogens with two attached hydrogens (primary N) is 1. The van der Waals surface area contributed by atoms with Gasteiger partial charge in [0.2, 0.25) is 5.91 Å². The molecule has 0 aromatic heterocycles. The van der Waals surface area contributed by atoms with Crippen molar-refractivity contribution in [2.45, 2.75) is 38.5 Å². The van der Waals surface area contributed by atoms with Crippen molar-refractivity contribution in [3.05, 3.63) is 35.4 Å². The zero-order valence-electron chi connectivity index (χ0n) is 11.0. The highest BCUT2D eigenvalue weighted by molar-refractivity contribution is 5.85. The van der Waals surface area contributed by atoms with E-state index in [2.05, 4.69) is 5.32 Å². The van der Waals surface area contributed by atoms with Gasteiger partial charge in [-0.2, -0.15) is 13.2 Å². The molecule has 19 heavy (non-hydrogen) atoms. The number of amides is 1. The largest absolute Gasteiger partial charge is 0.416 e. The van der Waals surface area contributed by atoms with Gasteiger partial charge in [0.25, 0.3) is 0 Å². The van der Waals surface area contributed by atoms with E-state index in [1.54, 1.807) is 6.92 Å². The van der Waals surface area contributed by atoms with Gasteiger partial charge in [-0.25, -0.2) is 0 Å². The first-order chi connectivity index (χ1) is 8.57. The molecule has 1 unspecified atom stereocenters. The van der Waals surface area contributed by atoms with Crippen LogP contribution in [-0.4, -0.2) is 11.9 Å². The number of carbonyl (C=O) groups is 1. The number of nitrogens with one attached hydrogen (secondary N) is 1. The summed E-state index contributed by atoms with van der Waals surface area (Å²) in [6.07, 6.45) is -4.40. The van der Waals surface area contributed by atoms with Crippen LogP contribution in [0.4, 0.5) is 13.2 Å². The quantitative estimate of drug-likeness (QED) is 0.885. The maximum atomic E-state index is 12.5. The molecule has 0 spiro atoms. The van der Waals surface area contributed by atoms with Crippen LogP contribution in [0, 0.1) is 0 Å². The molecule has 3 nitrogen and oxygen atoms in total. The van der Waals surface area contributed by atoms with Gasteiger partial charge >= 0.3 is 6.18 Å². The van der Waals surface area contributed by atoms with Crippen LogP contribution < -0.4 is 11.1 Å². The van der Waals surface area contributed by atoms with E-state index in [9.17, 15) is 18.0 Å². The zero-order chi connectivity index (χ0) is 14.8. The number of carbonyl (C=O) groups excluding carboxylic acids is 1. The Morgan fingerprint density at radius 1 is 1.16 bits per heavy atom. The Kier molecular flexibility index (Phi) is 4.25. The molecule has 1 rings (SSSR count). The van der Waals surface area contributed by atoms with Crippen molar-refractivity contribution in [3.8, 4) is 0 Å². The topological polar surface area (TPSA) is 55.1 Å². The van der Waals surface area contributed by atoms with E-state index in [1.165, 1.54) is 12.1 Å². The Morgan fingerprint density at radius 3 is 1.89 bits per heavy atom. The molecule has 0 heterocycles. The first-order valence-electron chi connectivity index (χ1n) is 5.82. The zero-order valence-corrected chi connectivity index (χ0v) is 11.0. The third-order valence-electron chi connectivity index (χ3n) is 2.86. The molecule has 0 aliphatic rings. The van der Waals surface area contributed by atoms with E-state index in [-0.39, 0.29) is 6.04 Å². The molecule has 3 N–H and O–H groups in total. The fraction of sp³-hybridized carbons (Fsp3) is 0.462. The van der Waals surface area contributed by atoms with Crippen molar-refractivity contribution in [1.82, 2.24) is 5.32 Å². The lowest BCUT2D eigenvalue weighted by Crippen LogP contribution is -2.52. The second-order valence-electron chi connectivity index (χ2n) is 4.86. The monoisotopic (exact) mass is 274 g/mol. The van der Waals surface area contributed by atoms with Crippen molar-refractivity contribution in [2.24, 2.45) is 5.73 Å². The minimum Gasteiger partial charge on any atom is -0.368 e. The predicted octanol–water partition coefficient (Wildman–Crippen LogP) is 2.40. The van der Waals surface area contributed by atoms with Crippen molar-refractivity contribution >= 4 is 5.91 Å². The van der Waals surface area contributed by atoms with Gasteiger partial charge in [-0.3, -0.25) is 10.1 Å². The van der Waals surface area contributed by atoms with Crippen LogP contribution in [0.5, 0.6) is 0 Å². The summed E-state index contributed by atoms with van der Waals surface area (Å²) in [7, 11) is 0. The lowest BCUT2D eigenvalue weighted by Gasteiger charge is -2.30. The summed E-state index contributed by atoms with van der Waals surface area (Å²) in [5.74, 6) is -0.638. The maximum absolute atomic E-state index is 12.5. The van der Waals surface area contributed by atoms with Crippen LogP contribution in [0.15, 0.2) is 24.3 Å². The summed E-state index contributed by atoms with van der Waals surface area (Å²) >= 11 is 0. The van der Waals surface area contributed by atoms with Crippen LogP contribution in [0.1, 0.15) is 31.9 Å².